The SMILES string of the molecule is CC1N(CN)CC2CNCc3c(Cl)cccc3N21. The quantitative estimate of drug-likeness (QED) is 0.802. The van der Waals surface area contributed by atoms with Crippen LogP contribution in [-0.2, 0) is 6.54 Å². The molecule has 2 aliphatic heterocycles. The van der Waals surface area contributed by atoms with Crippen molar-refractivity contribution in [2.75, 3.05) is 24.7 Å². The minimum atomic E-state index is 0.331. The maximum absolute atomic E-state index is 6.32. The molecule has 1 aromatic carbocycles. The standard InChI is InChI=1S/C13H19ClN4/c1-9-17(8-15)7-10-5-16-6-11-12(14)3-2-4-13(11)18(9)10/h2-4,9-10,16H,5-8,15H2,1H3. The van der Waals surface area contributed by atoms with Gasteiger partial charge in [0.25, 0.3) is 0 Å². The van der Waals surface area contributed by atoms with Gasteiger partial charge in [0, 0.05) is 42.6 Å². The van der Waals surface area contributed by atoms with Crippen LogP contribution in [0.15, 0.2) is 18.2 Å². The number of hydrogen-bond acceptors (Lipinski definition) is 4. The highest BCUT2D eigenvalue weighted by atomic mass is 35.5. The molecule has 0 aromatic heterocycles. The summed E-state index contributed by atoms with van der Waals surface area (Å²) in [5.74, 6) is 0. The number of nitrogens with one attached hydrogen (secondary N) is 1. The van der Waals surface area contributed by atoms with Crippen LogP contribution < -0.4 is 16.0 Å². The fourth-order valence-corrected chi connectivity index (χ4v) is 3.34. The molecule has 98 valence electrons. The summed E-state index contributed by atoms with van der Waals surface area (Å²) in [5, 5.41) is 4.33. The molecule has 5 heteroatoms. The number of fused-ring (bicyclic) bond motifs is 3. The first kappa shape index (κ1) is 12.2. The van der Waals surface area contributed by atoms with E-state index in [2.05, 4.69) is 28.1 Å². The Labute approximate surface area is 113 Å². The van der Waals surface area contributed by atoms with Gasteiger partial charge in [0.1, 0.15) is 0 Å². The van der Waals surface area contributed by atoms with Crippen molar-refractivity contribution in [2.24, 2.45) is 5.73 Å². The minimum Gasteiger partial charge on any atom is -0.350 e. The second-order valence-electron chi connectivity index (χ2n) is 5.02. The van der Waals surface area contributed by atoms with Crippen molar-refractivity contribution < 1.29 is 0 Å². The lowest BCUT2D eigenvalue weighted by molar-refractivity contribution is 0.275. The summed E-state index contributed by atoms with van der Waals surface area (Å²) < 4.78 is 0. The number of nitrogens with two attached hydrogens (primary N) is 1. The van der Waals surface area contributed by atoms with Crippen LogP contribution in [0.1, 0.15) is 12.5 Å². The van der Waals surface area contributed by atoms with E-state index < -0.39 is 0 Å². The number of rotatable bonds is 1. The van der Waals surface area contributed by atoms with E-state index in [9.17, 15) is 0 Å². The molecule has 0 amide bonds. The monoisotopic (exact) mass is 266 g/mol. The molecular weight excluding hydrogens is 248 g/mol. The largest absolute Gasteiger partial charge is 0.350 e. The van der Waals surface area contributed by atoms with E-state index in [1.807, 2.05) is 12.1 Å². The second-order valence-corrected chi connectivity index (χ2v) is 5.42. The van der Waals surface area contributed by atoms with Crippen molar-refractivity contribution in [1.82, 2.24) is 10.2 Å². The van der Waals surface area contributed by atoms with Gasteiger partial charge in [0.2, 0.25) is 0 Å². The molecule has 0 aliphatic carbocycles. The van der Waals surface area contributed by atoms with Gasteiger partial charge in [0.15, 0.2) is 0 Å². The number of anilines is 1. The van der Waals surface area contributed by atoms with Crippen LogP contribution >= 0.6 is 11.6 Å². The van der Waals surface area contributed by atoms with E-state index in [4.69, 9.17) is 17.3 Å². The Morgan fingerprint density at radius 3 is 3.11 bits per heavy atom. The zero-order chi connectivity index (χ0) is 12.7. The highest BCUT2D eigenvalue weighted by Crippen LogP contribution is 2.35. The maximum atomic E-state index is 6.32. The molecule has 1 saturated heterocycles. The minimum absolute atomic E-state index is 0.331. The lowest BCUT2D eigenvalue weighted by Crippen LogP contribution is -2.41. The van der Waals surface area contributed by atoms with Crippen LogP contribution in [-0.4, -0.2) is 36.9 Å². The molecule has 0 saturated carbocycles. The van der Waals surface area contributed by atoms with Gasteiger partial charge in [-0.05, 0) is 19.1 Å². The summed E-state index contributed by atoms with van der Waals surface area (Å²) in [6.45, 7) is 5.65. The molecule has 0 bridgehead atoms. The molecule has 1 fully saturated rings. The van der Waals surface area contributed by atoms with Gasteiger partial charge in [-0.25, -0.2) is 0 Å². The molecule has 2 unspecified atom stereocenters. The molecule has 1 aromatic rings. The van der Waals surface area contributed by atoms with Crippen molar-refractivity contribution in [3.05, 3.63) is 28.8 Å². The second kappa shape index (κ2) is 4.70. The van der Waals surface area contributed by atoms with Crippen LogP contribution in [0.25, 0.3) is 0 Å². The predicted octanol–water partition coefficient (Wildman–Crippen LogP) is 1.20. The van der Waals surface area contributed by atoms with Gasteiger partial charge >= 0.3 is 0 Å². The molecule has 2 heterocycles. The molecule has 0 spiro atoms. The van der Waals surface area contributed by atoms with Crippen molar-refractivity contribution in [2.45, 2.75) is 25.7 Å². The topological polar surface area (TPSA) is 44.5 Å². The molecule has 2 aliphatic rings. The summed E-state index contributed by atoms with van der Waals surface area (Å²) in [6.07, 6.45) is 0.331. The first-order valence-electron chi connectivity index (χ1n) is 6.43. The Bertz CT molecular complexity index is 451. The highest BCUT2D eigenvalue weighted by Gasteiger charge is 2.38. The molecule has 3 N–H and O–H groups in total. The lowest BCUT2D eigenvalue weighted by Gasteiger charge is -2.31. The zero-order valence-corrected chi connectivity index (χ0v) is 11.3. The summed E-state index contributed by atoms with van der Waals surface area (Å²) in [6, 6.07) is 6.63. The fourth-order valence-electron chi connectivity index (χ4n) is 3.11. The number of nitrogens with zero attached hydrogens (tertiary/aromatic N) is 2. The Hall–Kier alpha value is -0.810. The Morgan fingerprint density at radius 1 is 1.50 bits per heavy atom. The van der Waals surface area contributed by atoms with Crippen molar-refractivity contribution in [1.29, 1.82) is 0 Å². The van der Waals surface area contributed by atoms with Crippen LogP contribution in [0.5, 0.6) is 0 Å². The third kappa shape index (κ3) is 1.80. The normalized spacial score (nSPS) is 27.8. The number of benzene rings is 1. The predicted molar refractivity (Wildman–Crippen MR) is 74.6 cm³/mol. The van der Waals surface area contributed by atoms with E-state index in [0.29, 0.717) is 18.9 Å². The van der Waals surface area contributed by atoms with Gasteiger partial charge in [-0.1, -0.05) is 17.7 Å². The Balaban J connectivity index is 2.05. The maximum Gasteiger partial charge on any atom is 0.0807 e. The molecule has 18 heavy (non-hydrogen) atoms. The van der Waals surface area contributed by atoms with Crippen molar-refractivity contribution >= 4 is 17.3 Å². The lowest BCUT2D eigenvalue weighted by atomic mass is 10.1. The third-order valence-electron chi connectivity index (χ3n) is 4.06. The zero-order valence-electron chi connectivity index (χ0n) is 10.6. The highest BCUT2D eigenvalue weighted by molar-refractivity contribution is 6.31. The summed E-state index contributed by atoms with van der Waals surface area (Å²) >= 11 is 6.32. The summed E-state index contributed by atoms with van der Waals surface area (Å²) in [7, 11) is 0. The van der Waals surface area contributed by atoms with E-state index >= 15 is 0 Å². The molecule has 2 atom stereocenters. The fraction of sp³-hybridized carbons (Fsp3) is 0.538. The molecule has 3 rings (SSSR count). The van der Waals surface area contributed by atoms with Crippen LogP contribution in [0.3, 0.4) is 0 Å². The molecular formula is C13H19ClN4. The first-order valence-corrected chi connectivity index (χ1v) is 6.80. The van der Waals surface area contributed by atoms with E-state index in [1.54, 1.807) is 0 Å². The summed E-state index contributed by atoms with van der Waals surface area (Å²) in [5.41, 5.74) is 8.27. The van der Waals surface area contributed by atoms with Gasteiger partial charge in [-0.2, -0.15) is 0 Å². The molecule has 4 nitrogen and oxygen atoms in total. The number of hydrogen-bond donors (Lipinski definition) is 2. The van der Waals surface area contributed by atoms with Crippen LogP contribution in [0, 0.1) is 0 Å². The smallest absolute Gasteiger partial charge is 0.0807 e. The van der Waals surface area contributed by atoms with Gasteiger partial charge in [0.05, 0.1) is 12.2 Å². The van der Waals surface area contributed by atoms with Crippen molar-refractivity contribution in [3.63, 3.8) is 0 Å². The average molecular weight is 267 g/mol. The Kier molecular flexibility index (Phi) is 3.20. The van der Waals surface area contributed by atoms with E-state index in [0.717, 1.165) is 24.7 Å². The van der Waals surface area contributed by atoms with Gasteiger partial charge in [-0.15, -0.1) is 0 Å². The van der Waals surface area contributed by atoms with E-state index in [1.165, 1.54) is 11.3 Å². The van der Waals surface area contributed by atoms with Crippen LogP contribution in [0.2, 0.25) is 5.02 Å². The van der Waals surface area contributed by atoms with Crippen molar-refractivity contribution in [3.8, 4) is 0 Å². The third-order valence-corrected chi connectivity index (χ3v) is 4.41. The summed E-state index contributed by atoms with van der Waals surface area (Å²) in [4.78, 5) is 4.75. The molecule has 0 radical (unpaired) electrons. The first-order chi connectivity index (χ1) is 8.72. The van der Waals surface area contributed by atoms with Gasteiger partial charge in [-0.3, -0.25) is 4.90 Å². The average Bonchev–Trinajstić information content (AvgIpc) is 2.56. The van der Waals surface area contributed by atoms with Crippen LogP contribution in [0.4, 0.5) is 5.69 Å². The van der Waals surface area contributed by atoms with Gasteiger partial charge < -0.3 is 16.0 Å². The number of halogens is 1. The Morgan fingerprint density at radius 2 is 2.33 bits per heavy atom. The van der Waals surface area contributed by atoms with E-state index in [-0.39, 0.29) is 0 Å².